The summed E-state index contributed by atoms with van der Waals surface area (Å²) in [7, 11) is 0. The molecule has 0 aliphatic heterocycles. The number of halogens is 4. The lowest BCUT2D eigenvalue weighted by Crippen LogP contribution is -2.45. The third-order valence-corrected chi connectivity index (χ3v) is 4.54. The summed E-state index contributed by atoms with van der Waals surface area (Å²) in [5, 5.41) is 11.5. The molecule has 190 valence electrons. The number of nitro benzene ring substituents is 1. The molecule has 0 amide bonds. The van der Waals surface area contributed by atoms with Crippen molar-refractivity contribution in [2.45, 2.75) is 19.5 Å². The first-order valence-corrected chi connectivity index (χ1v) is 9.76. The number of aromatic nitrogens is 3. The first-order chi connectivity index (χ1) is 16.8. The summed E-state index contributed by atoms with van der Waals surface area (Å²) in [5.74, 6) is 2.33. The van der Waals surface area contributed by atoms with Crippen molar-refractivity contribution in [3.63, 3.8) is 0 Å². The Labute approximate surface area is 197 Å². The number of carbonyl (C=O) groups excluding carboxylic acids is 1. The van der Waals surface area contributed by atoms with Gasteiger partial charge in [-0.05, 0) is 19.1 Å². The molecule has 0 aliphatic carbocycles. The molecule has 16 heteroatoms. The van der Waals surface area contributed by atoms with Crippen LogP contribution in [0.1, 0.15) is 19.0 Å². The van der Waals surface area contributed by atoms with E-state index in [1.807, 2.05) is 0 Å². The van der Waals surface area contributed by atoms with E-state index in [9.17, 15) is 42.1 Å². The van der Waals surface area contributed by atoms with Crippen LogP contribution in [0.5, 0.6) is 17.4 Å². The number of nitrogens with zero attached hydrogens (tertiary/aromatic N) is 4. The van der Waals surface area contributed by atoms with Crippen molar-refractivity contribution in [2.75, 3.05) is 12.4 Å². The Balaban J connectivity index is 2.15. The minimum absolute atomic E-state index is 0.0130. The van der Waals surface area contributed by atoms with Crippen LogP contribution in [0.2, 0.25) is 0 Å². The largest absolute Gasteiger partial charge is 0.475 e. The summed E-state index contributed by atoms with van der Waals surface area (Å²) >= 11 is 0. The molecule has 36 heavy (non-hydrogen) atoms. The van der Waals surface area contributed by atoms with Gasteiger partial charge >= 0.3 is 17.6 Å². The molecule has 2 aromatic heterocycles. The molecule has 0 fully saturated rings. The summed E-state index contributed by atoms with van der Waals surface area (Å²) in [5.41, 5.74) is -7.11. The molecule has 0 radical (unpaired) electrons. The van der Waals surface area contributed by atoms with E-state index in [0.717, 1.165) is 0 Å². The van der Waals surface area contributed by atoms with E-state index in [-0.39, 0.29) is 41.1 Å². The van der Waals surface area contributed by atoms with Gasteiger partial charge in [-0.15, -0.1) is 0 Å². The summed E-state index contributed by atoms with van der Waals surface area (Å²) < 4.78 is 64.2. The van der Waals surface area contributed by atoms with Crippen LogP contribution < -0.4 is 26.6 Å². The maximum absolute atomic E-state index is 14.8. The highest BCUT2D eigenvalue weighted by Gasteiger charge is 2.36. The van der Waals surface area contributed by atoms with Gasteiger partial charge in [0.15, 0.2) is 17.3 Å². The number of nitrogen functional groups attached to an aromatic ring is 1. The molecule has 2 N–H and O–H groups in total. The fourth-order valence-electron chi connectivity index (χ4n) is 2.90. The van der Waals surface area contributed by atoms with E-state index in [1.165, 1.54) is 25.3 Å². The number of carbonyl (C=O) groups is 1. The number of nitro groups is 1. The number of benzene rings is 1. The van der Waals surface area contributed by atoms with Gasteiger partial charge in [0, 0.05) is 24.8 Å². The van der Waals surface area contributed by atoms with Crippen LogP contribution in [0, 0.1) is 15.9 Å². The van der Waals surface area contributed by atoms with Crippen molar-refractivity contribution in [3.8, 4) is 23.1 Å². The molecule has 0 bridgehead atoms. The van der Waals surface area contributed by atoms with Crippen LogP contribution in [0.4, 0.5) is 23.2 Å². The monoisotopic (exact) mass is 513 g/mol. The second kappa shape index (κ2) is 9.85. The van der Waals surface area contributed by atoms with Crippen molar-refractivity contribution in [1.82, 2.24) is 14.2 Å². The van der Waals surface area contributed by atoms with Crippen molar-refractivity contribution in [3.05, 3.63) is 79.0 Å². The number of ketones is 1. The molecule has 0 unspecified atom stereocenters. The molecule has 3 aromatic rings. The molecule has 1 aromatic carbocycles. The van der Waals surface area contributed by atoms with Crippen molar-refractivity contribution >= 4 is 11.5 Å². The van der Waals surface area contributed by atoms with Gasteiger partial charge in [0.05, 0.1) is 23.3 Å². The molecule has 0 aliphatic rings. The van der Waals surface area contributed by atoms with Crippen LogP contribution in [0.3, 0.4) is 0 Å². The number of ether oxygens (including phenoxy) is 2. The Bertz CT molecular complexity index is 1470. The Morgan fingerprint density at radius 1 is 1.22 bits per heavy atom. The third kappa shape index (κ3) is 5.31. The maximum Gasteiger partial charge on any atom is 0.433 e. The summed E-state index contributed by atoms with van der Waals surface area (Å²) in [4.78, 5) is 50.2. The summed E-state index contributed by atoms with van der Waals surface area (Å²) in [6.07, 6.45) is -3.88. The van der Waals surface area contributed by atoms with E-state index >= 15 is 0 Å². The first kappa shape index (κ1) is 25.9. The first-order valence-electron chi connectivity index (χ1n) is 9.76. The number of rotatable bonds is 8. The van der Waals surface area contributed by atoms with Gasteiger partial charge in [-0.25, -0.2) is 23.4 Å². The fraction of sp³-hybridized carbons (Fsp3) is 0.200. The number of Topliss-reactive ketones (excluding diaryl/α,β-unsaturated/α-hetero) is 1. The second-order valence-electron chi connectivity index (χ2n) is 7.09. The lowest BCUT2D eigenvalue weighted by Gasteiger charge is -2.15. The zero-order valence-corrected chi connectivity index (χ0v) is 18.1. The predicted octanol–water partition coefficient (Wildman–Crippen LogP) is 2.32. The normalized spacial score (nSPS) is 11.2. The average Bonchev–Trinajstić information content (AvgIpc) is 2.78. The third-order valence-electron chi connectivity index (χ3n) is 4.54. The van der Waals surface area contributed by atoms with E-state index in [1.54, 1.807) is 0 Å². The smallest absolute Gasteiger partial charge is 0.433 e. The standard InChI is InChI=1S/C20H15F4N5O7/c1-10(30)4-6-35-18-14(3-2-5-26-18)36-15-8-12(11(21)7-13(15)29(33)34)27-17(31)9-16(20(22,23)24)28(25)19(27)32/h2-3,5,7-9H,4,6,25H2,1H3. The topological polar surface area (TPSA) is 162 Å². The van der Waals surface area contributed by atoms with Crippen LogP contribution in [0.15, 0.2) is 46.1 Å². The second-order valence-corrected chi connectivity index (χ2v) is 7.09. The minimum Gasteiger partial charge on any atom is -0.475 e. The van der Waals surface area contributed by atoms with Gasteiger partial charge in [0.2, 0.25) is 5.75 Å². The zero-order valence-electron chi connectivity index (χ0n) is 18.1. The van der Waals surface area contributed by atoms with Gasteiger partial charge in [-0.3, -0.25) is 19.7 Å². The molecular weight excluding hydrogens is 498 g/mol. The SMILES string of the molecule is CC(=O)CCOc1ncccc1Oc1cc(-n2c(=O)cc(C(F)(F)F)n(N)c2=O)c(F)cc1[N+](=O)[O-]. The predicted molar refractivity (Wildman–Crippen MR) is 113 cm³/mol. The van der Waals surface area contributed by atoms with Crippen LogP contribution in [-0.4, -0.2) is 31.5 Å². The molecule has 3 rings (SSSR count). The van der Waals surface area contributed by atoms with Crippen LogP contribution >= 0.6 is 0 Å². The van der Waals surface area contributed by atoms with Gasteiger partial charge in [-0.2, -0.15) is 13.2 Å². The molecule has 0 saturated carbocycles. The average molecular weight is 513 g/mol. The van der Waals surface area contributed by atoms with Gasteiger partial charge in [-0.1, -0.05) is 0 Å². The zero-order chi connectivity index (χ0) is 26.8. The maximum atomic E-state index is 14.8. The minimum atomic E-state index is -5.17. The van der Waals surface area contributed by atoms with E-state index < -0.39 is 55.7 Å². The Kier molecular flexibility index (Phi) is 7.07. The number of nitrogens with two attached hydrogens (primary N) is 1. The molecule has 0 saturated heterocycles. The number of hydrogen-bond donors (Lipinski definition) is 1. The van der Waals surface area contributed by atoms with Crippen LogP contribution in [-0.2, 0) is 11.0 Å². The highest BCUT2D eigenvalue weighted by atomic mass is 19.4. The van der Waals surface area contributed by atoms with Gasteiger partial charge < -0.3 is 15.3 Å². The molecule has 2 heterocycles. The van der Waals surface area contributed by atoms with E-state index in [0.29, 0.717) is 12.1 Å². The summed E-state index contributed by atoms with van der Waals surface area (Å²) in [6, 6.07) is 3.46. The van der Waals surface area contributed by atoms with Gasteiger partial charge in [0.1, 0.15) is 5.78 Å². The number of hydrogen-bond acceptors (Lipinski definition) is 9. The lowest BCUT2D eigenvalue weighted by atomic mass is 10.2. The molecular formula is C20H15F4N5O7. The lowest BCUT2D eigenvalue weighted by molar-refractivity contribution is -0.385. The van der Waals surface area contributed by atoms with E-state index in [4.69, 9.17) is 15.3 Å². The van der Waals surface area contributed by atoms with Gasteiger partial charge in [0.25, 0.3) is 11.4 Å². The number of pyridine rings is 1. The quantitative estimate of drug-likeness (QED) is 0.206. The summed E-state index contributed by atoms with van der Waals surface area (Å²) in [6.45, 7) is 1.21. The Morgan fingerprint density at radius 3 is 2.53 bits per heavy atom. The molecule has 0 atom stereocenters. The highest BCUT2D eigenvalue weighted by molar-refractivity contribution is 5.75. The van der Waals surface area contributed by atoms with Crippen LogP contribution in [0.25, 0.3) is 5.69 Å². The number of alkyl halides is 3. The Morgan fingerprint density at radius 2 is 1.92 bits per heavy atom. The molecule has 0 spiro atoms. The van der Waals surface area contributed by atoms with E-state index in [2.05, 4.69) is 4.98 Å². The Hall–Kier alpha value is -4.76. The highest BCUT2D eigenvalue weighted by Crippen LogP contribution is 2.37. The van der Waals surface area contributed by atoms with Crippen molar-refractivity contribution in [2.24, 2.45) is 0 Å². The van der Waals surface area contributed by atoms with Crippen molar-refractivity contribution < 1.29 is 36.8 Å². The molecule has 12 nitrogen and oxygen atoms in total. The van der Waals surface area contributed by atoms with Crippen molar-refractivity contribution in [1.29, 1.82) is 0 Å². The fourth-order valence-corrected chi connectivity index (χ4v) is 2.90.